The summed E-state index contributed by atoms with van der Waals surface area (Å²) in [7, 11) is 0. The molecule has 0 aliphatic heterocycles. The Morgan fingerprint density at radius 3 is 2.32 bits per heavy atom. The summed E-state index contributed by atoms with van der Waals surface area (Å²) in [5.74, 6) is 0.621. The van der Waals surface area contributed by atoms with Gasteiger partial charge in [-0.1, -0.05) is 30.3 Å². The molecule has 132 valence electrons. The minimum absolute atomic E-state index is 0.0404. The summed E-state index contributed by atoms with van der Waals surface area (Å²) in [4.78, 5) is 22.2. The Bertz CT molecular complexity index is 686. The summed E-state index contributed by atoms with van der Waals surface area (Å²) in [6, 6.07) is 16.5. The predicted octanol–water partition coefficient (Wildman–Crippen LogP) is 3.70. The molecule has 2 aromatic rings. The Morgan fingerprint density at radius 2 is 1.68 bits per heavy atom. The topological polar surface area (TPSA) is 87.7 Å². The molecule has 0 aromatic heterocycles. The van der Waals surface area contributed by atoms with E-state index >= 15 is 0 Å². The van der Waals surface area contributed by atoms with Crippen molar-refractivity contribution in [2.24, 2.45) is 0 Å². The molecule has 1 atom stereocenters. The quantitative estimate of drug-likeness (QED) is 0.638. The lowest BCUT2D eigenvalue weighted by Crippen LogP contribution is -2.37. The number of carboxylic acid groups (broad SMARTS) is 1. The van der Waals surface area contributed by atoms with Crippen molar-refractivity contribution in [3.8, 4) is 11.5 Å². The van der Waals surface area contributed by atoms with Gasteiger partial charge >= 0.3 is 12.0 Å². The second kappa shape index (κ2) is 9.32. The number of amides is 2. The summed E-state index contributed by atoms with van der Waals surface area (Å²) >= 11 is 0. The van der Waals surface area contributed by atoms with Crippen LogP contribution >= 0.6 is 0 Å². The molecule has 3 N–H and O–H groups in total. The third kappa shape index (κ3) is 6.55. The zero-order valence-corrected chi connectivity index (χ0v) is 14.1. The van der Waals surface area contributed by atoms with Crippen molar-refractivity contribution in [2.75, 3.05) is 6.54 Å². The van der Waals surface area contributed by atoms with Gasteiger partial charge in [-0.3, -0.25) is 4.79 Å². The SMILES string of the molecule is CC(NC(=O)NCCCC(=O)O)c1ccc(Oc2ccccc2)cc1. The van der Waals surface area contributed by atoms with E-state index in [1.54, 1.807) is 0 Å². The van der Waals surface area contributed by atoms with E-state index in [-0.39, 0.29) is 18.5 Å². The lowest BCUT2D eigenvalue weighted by molar-refractivity contribution is -0.137. The van der Waals surface area contributed by atoms with Crippen LogP contribution in [0.2, 0.25) is 0 Å². The Kier molecular flexibility index (Phi) is 6.83. The molecule has 0 radical (unpaired) electrons. The van der Waals surface area contributed by atoms with Crippen LogP contribution in [0.5, 0.6) is 11.5 Å². The number of carbonyl (C=O) groups is 2. The summed E-state index contributed by atoms with van der Waals surface area (Å²) in [6.45, 7) is 2.21. The standard InChI is InChI=1S/C19H22N2O4/c1-14(21-19(24)20-13-5-8-18(22)23)15-9-11-17(12-10-15)25-16-6-3-2-4-7-16/h2-4,6-7,9-12,14H,5,8,13H2,1H3,(H,22,23)(H2,20,21,24). The largest absolute Gasteiger partial charge is 0.481 e. The van der Waals surface area contributed by atoms with Crippen LogP contribution in [-0.2, 0) is 4.79 Å². The number of hydrogen-bond acceptors (Lipinski definition) is 3. The predicted molar refractivity (Wildman–Crippen MR) is 94.8 cm³/mol. The minimum Gasteiger partial charge on any atom is -0.481 e. The zero-order valence-electron chi connectivity index (χ0n) is 14.1. The maximum absolute atomic E-state index is 11.8. The van der Waals surface area contributed by atoms with Gasteiger partial charge in [-0.2, -0.15) is 0 Å². The van der Waals surface area contributed by atoms with Gasteiger partial charge in [0.05, 0.1) is 6.04 Å². The molecule has 0 saturated carbocycles. The highest BCUT2D eigenvalue weighted by Gasteiger charge is 2.09. The first-order valence-corrected chi connectivity index (χ1v) is 8.13. The molecule has 2 amide bonds. The Hall–Kier alpha value is -3.02. The summed E-state index contributed by atoms with van der Waals surface area (Å²) in [5, 5.41) is 14.0. The molecule has 2 aromatic carbocycles. The van der Waals surface area contributed by atoms with Crippen molar-refractivity contribution < 1.29 is 19.4 Å². The van der Waals surface area contributed by atoms with Crippen molar-refractivity contribution in [1.82, 2.24) is 10.6 Å². The van der Waals surface area contributed by atoms with Crippen molar-refractivity contribution in [3.05, 3.63) is 60.2 Å². The molecule has 0 heterocycles. The Morgan fingerprint density at radius 1 is 1.04 bits per heavy atom. The number of urea groups is 1. The lowest BCUT2D eigenvalue weighted by atomic mass is 10.1. The average molecular weight is 342 g/mol. The van der Waals surface area contributed by atoms with Gasteiger partial charge in [0, 0.05) is 13.0 Å². The number of hydrogen-bond donors (Lipinski definition) is 3. The Labute approximate surface area is 146 Å². The van der Waals surface area contributed by atoms with E-state index in [2.05, 4.69) is 10.6 Å². The molecule has 6 nitrogen and oxygen atoms in total. The molecule has 2 rings (SSSR count). The highest BCUT2D eigenvalue weighted by Crippen LogP contribution is 2.23. The van der Waals surface area contributed by atoms with Gasteiger partial charge < -0.3 is 20.5 Å². The van der Waals surface area contributed by atoms with Gasteiger partial charge in [0.25, 0.3) is 0 Å². The van der Waals surface area contributed by atoms with Gasteiger partial charge in [-0.25, -0.2) is 4.79 Å². The smallest absolute Gasteiger partial charge is 0.315 e. The van der Waals surface area contributed by atoms with Crippen LogP contribution in [0, 0.1) is 0 Å². The van der Waals surface area contributed by atoms with Crippen molar-refractivity contribution in [1.29, 1.82) is 0 Å². The monoisotopic (exact) mass is 342 g/mol. The number of aliphatic carboxylic acids is 1. The van der Waals surface area contributed by atoms with E-state index in [1.165, 1.54) is 0 Å². The van der Waals surface area contributed by atoms with Crippen LogP contribution in [-0.4, -0.2) is 23.7 Å². The van der Waals surface area contributed by atoms with E-state index in [1.807, 2.05) is 61.5 Å². The van der Waals surface area contributed by atoms with E-state index in [0.717, 1.165) is 17.1 Å². The molecule has 0 bridgehead atoms. The van der Waals surface area contributed by atoms with E-state index < -0.39 is 5.97 Å². The molecule has 6 heteroatoms. The van der Waals surface area contributed by atoms with E-state index in [9.17, 15) is 9.59 Å². The number of ether oxygens (including phenoxy) is 1. The number of benzene rings is 2. The van der Waals surface area contributed by atoms with Gasteiger partial charge in [0.1, 0.15) is 11.5 Å². The minimum atomic E-state index is -0.867. The first-order chi connectivity index (χ1) is 12.0. The first-order valence-electron chi connectivity index (χ1n) is 8.13. The first kappa shape index (κ1) is 18.3. The number of carbonyl (C=O) groups excluding carboxylic acids is 1. The van der Waals surface area contributed by atoms with Gasteiger partial charge in [-0.05, 0) is 43.2 Å². The maximum Gasteiger partial charge on any atom is 0.315 e. The molecule has 25 heavy (non-hydrogen) atoms. The van der Waals surface area contributed by atoms with Crippen LogP contribution < -0.4 is 15.4 Å². The van der Waals surface area contributed by atoms with Crippen LogP contribution in [0.3, 0.4) is 0 Å². The number of para-hydroxylation sites is 1. The average Bonchev–Trinajstić information content (AvgIpc) is 2.60. The third-order valence-corrected chi connectivity index (χ3v) is 3.56. The van der Waals surface area contributed by atoms with Gasteiger partial charge in [0.15, 0.2) is 0 Å². The third-order valence-electron chi connectivity index (χ3n) is 3.56. The number of carboxylic acids is 1. The summed E-state index contributed by atoms with van der Waals surface area (Å²) in [6.07, 6.45) is 0.446. The second-order valence-corrected chi connectivity index (χ2v) is 5.60. The van der Waals surface area contributed by atoms with E-state index in [4.69, 9.17) is 9.84 Å². The van der Waals surface area contributed by atoms with Crippen LogP contribution in [0.25, 0.3) is 0 Å². The summed E-state index contributed by atoms with van der Waals surface area (Å²) in [5.41, 5.74) is 0.945. The zero-order chi connectivity index (χ0) is 18.1. The fourth-order valence-corrected chi connectivity index (χ4v) is 2.22. The van der Waals surface area contributed by atoms with Gasteiger partial charge in [-0.15, -0.1) is 0 Å². The molecule has 0 saturated heterocycles. The normalized spacial score (nSPS) is 11.4. The molecular weight excluding hydrogens is 320 g/mol. The summed E-state index contributed by atoms with van der Waals surface area (Å²) < 4.78 is 5.73. The number of rotatable bonds is 8. The fraction of sp³-hybridized carbons (Fsp3) is 0.263. The van der Waals surface area contributed by atoms with Gasteiger partial charge in [0.2, 0.25) is 0 Å². The molecular formula is C19H22N2O4. The van der Waals surface area contributed by atoms with Crippen LogP contribution in [0.15, 0.2) is 54.6 Å². The Balaban J connectivity index is 1.80. The fourth-order valence-electron chi connectivity index (χ4n) is 2.22. The van der Waals surface area contributed by atoms with Crippen LogP contribution in [0.1, 0.15) is 31.4 Å². The molecule has 0 aliphatic carbocycles. The van der Waals surface area contributed by atoms with Crippen LogP contribution in [0.4, 0.5) is 4.79 Å². The lowest BCUT2D eigenvalue weighted by Gasteiger charge is -2.15. The molecule has 0 spiro atoms. The second-order valence-electron chi connectivity index (χ2n) is 5.60. The number of nitrogens with one attached hydrogen (secondary N) is 2. The van der Waals surface area contributed by atoms with Crippen molar-refractivity contribution >= 4 is 12.0 Å². The molecule has 1 unspecified atom stereocenters. The molecule has 0 aliphatic rings. The van der Waals surface area contributed by atoms with Crippen molar-refractivity contribution in [3.63, 3.8) is 0 Å². The maximum atomic E-state index is 11.8. The van der Waals surface area contributed by atoms with Crippen molar-refractivity contribution in [2.45, 2.75) is 25.8 Å². The highest BCUT2D eigenvalue weighted by atomic mass is 16.5. The van der Waals surface area contributed by atoms with E-state index in [0.29, 0.717) is 13.0 Å². The molecule has 0 fully saturated rings. The highest BCUT2D eigenvalue weighted by molar-refractivity contribution is 5.74.